The molecule has 132 valence electrons. The molecule has 0 radical (unpaired) electrons. The van der Waals surface area contributed by atoms with Gasteiger partial charge in [-0.15, -0.1) is 0 Å². The van der Waals surface area contributed by atoms with Gasteiger partial charge in [-0.3, -0.25) is 4.79 Å². The summed E-state index contributed by atoms with van der Waals surface area (Å²) in [4.78, 5) is 14.0. The molecular weight excluding hydrogens is 314 g/mol. The van der Waals surface area contributed by atoms with E-state index >= 15 is 0 Å². The smallest absolute Gasteiger partial charge is 0.222 e. The highest BCUT2D eigenvalue weighted by molar-refractivity contribution is 5.77. The van der Waals surface area contributed by atoms with Crippen molar-refractivity contribution in [3.63, 3.8) is 0 Å². The Morgan fingerprint density at radius 1 is 1.08 bits per heavy atom. The molecule has 3 rings (SSSR count). The zero-order chi connectivity index (χ0) is 17.5. The summed E-state index contributed by atoms with van der Waals surface area (Å²) >= 11 is 0. The second-order valence-corrected chi connectivity index (χ2v) is 6.49. The van der Waals surface area contributed by atoms with E-state index in [1.165, 1.54) is 5.56 Å². The van der Waals surface area contributed by atoms with Crippen molar-refractivity contribution in [1.82, 2.24) is 4.90 Å². The molecular formula is C21H25NO3. The second kappa shape index (κ2) is 8.67. The molecule has 1 fully saturated rings. The Hall–Kier alpha value is -2.33. The number of hydrogen-bond donors (Lipinski definition) is 0. The van der Waals surface area contributed by atoms with E-state index in [9.17, 15) is 4.79 Å². The Labute approximate surface area is 149 Å². The Morgan fingerprint density at radius 2 is 1.80 bits per heavy atom. The van der Waals surface area contributed by atoms with Crippen LogP contribution in [-0.4, -0.2) is 36.6 Å². The molecule has 0 spiro atoms. The van der Waals surface area contributed by atoms with Gasteiger partial charge in [0.25, 0.3) is 0 Å². The number of amides is 1. The van der Waals surface area contributed by atoms with Crippen LogP contribution in [0.15, 0.2) is 54.6 Å². The van der Waals surface area contributed by atoms with E-state index in [1.54, 1.807) is 0 Å². The van der Waals surface area contributed by atoms with Crippen molar-refractivity contribution in [2.75, 3.05) is 19.7 Å². The van der Waals surface area contributed by atoms with Gasteiger partial charge in [0, 0.05) is 13.0 Å². The molecule has 25 heavy (non-hydrogen) atoms. The average molecular weight is 339 g/mol. The van der Waals surface area contributed by atoms with Crippen LogP contribution in [0.5, 0.6) is 5.75 Å². The van der Waals surface area contributed by atoms with Gasteiger partial charge in [0.15, 0.2) is 0 Å². The second-order valence-electron chi connectivity index (χ2n) is 6.49. The summed E-state index contributed by atoms with van der Waals surface area (Å²) in [6.07, 6.45) is 1.40. The molecule has 2 aromatic rings. The number of rotatable bonds is 8. The third-order valence-corrected chi connectivity index (χ3v) is 4.32. The van der Waals surface area contributed by atoms with Crippen molar-refractivity contribution in [2.24, 2.45) is 0 Å². The van der Waals surface area contributed by atoms with Gasteiger partial charge >= 0.3 is 0 Å². The van der Waals surface area contributed by atoms with E-state index in [0.717, 1.165) is 17.7 Å². The van der Waals surface area contributed by atoms with Gasteiger partial charge in [-0.2, -0.15) is 0 Å². The summed E-state index contributed by atoms with van der Waals surface area (Å²) in [5.41, 5.74) is 2.37. The summed E-state index contributed by atoms with van der Waals surface area (Å²) in [5.74, 6) is 1.06. The molecule has 4 nitrogen and oxygen atoms in total. The van der Waals surface area contributed by atoms with Crippen molar-refractivity contribution < 1.29 is 14.3 Å². The number of carbonyl (C=O) groups excluding carboxylic acids is 1. The molecule has 1 saturated heterocycles. The number of hydrogen-bond acceptors (Lipinski definition) is 3. The maximum absolute atomic E-state index is 12.1. The number of benzene rings is 2. The third kappa shape index (κ3) is 5.33. The molecule has 2 aromatic carbocycles. The van der Waals surface area contributed by atoms with Crippen molar-refractivity contribution in [3.8, 4) is 5.75 Å². The lowest BCUT2D eigenvalue weighted by Gasteiger charge is -2.39. The van der Waals surface area contributed by atoms with Gasteiger partial charge in [-0.1, -0.05) is 48.0 Å². The molecule has 0 saturated carbocycles. The lowest BCUT2D eigenvalue weighted by molar-refractivity contribution is -0.140. The number of likely N-dealkylation sites (tertiary alicyclic amines) is 1. The highest BCUT2D eigenvalue weighted by Gasteiger charge is 2.31. The predicted molar refractivity (Wildman–Crippen MR) is 97.5 cm³/mol. The number of carbonyl (C=O) groups is 1. The van der Waals surface area contributed by atoms with Crippen LogP contribution in [0.3, 0.4) is 0 Å². The minimum atomic E-state index is 0.112. The fraction of sp³-hybridized carbons (Fsp3) is 0.381. The Morgan fingerprint density at radius 3 is 2.52 bits per heavy atom. The topological polar surface area (TPSA) is 38.8 Å². The van der Waals surface area contributed by atoms with Crippen LogP contribution in [0.2, 0.25) is 0 Å². The summed E-state index contributed by atoms with van der Waals surface area (Å²) < 4.78 is 11.5. The molecule has 0 aromatic heterocycles. The van der Waals surface area contributed by atoms with E-state index in [-0.39, 0.29) is 12.0 Å². The maximum atomic E-state index is 12.1. The largest absolute Gasteiger partial charge is 0.487 e. The number of nitrogens with zero attached hydrogens (tertiary/aromatic N) is 1. The van der Waals surface area contributed by atoms with Gasteiger partial charge < -0.3 is 14.4 Å². The van der Waals surface area contributed by atoms with Crippen LogP contribution in [0, 0.1) is 6.92 Å². The first-order chi connectivity index (χ1) is 12.2. The average Bonchev–Trinajstić information content (AvgIpc) is 2.60. The van der Waals surface area contributed by atoms with Crippen molar-refractivity contribution >= 4 is 5.91 Å². The minimum absolute atomic E-state index is 0.112. The lowest BCUT2D eigenvalue weighted by Crippen LogP contribution is -2.56. The summed E-state index contributed by atoms with van der Waals surface area (Å²) in [6.45, 7) is 4.62. The van der Waals surface area contributed by atoms with E-state index in [4.69, 9.17) is 9.47 Å². The Bertz CT molecular complexity index is 663. The molecule has 4 heteroatoms. The predicted octanol–water partition coefficient (Wildman–Crippen LogP) is 3.58. The number of ether oxygens (including phenoxy) is 2. The standard InChI is InChI=1S/C21H25NO3/c1-17-9-11-19(12-10-17)25-20-14-22(15-20)21(23)8-5-13-24-16-18-6-3-2-4-7-18/h2-4,6-7,9-12,20H,5,8,13-16H2,1H3. The van der Waals surface area contributed by atoms with Crippen molar-refractivity contribution in [2.45, 2.75) is 32.5 Å². The summed E-state index contributed by atoms with van der Waals surface area (Å²) in [6, 6.07) is 18.1. The van der Waals surface area contributed by atoms with Crippen molar-refractivity contribution in [1.29, 1.82) is 0 Å². The van der Waals surface area contributed by atoms with Gasteiger partial charge in [0.05, 0.1) is 19.7 Å². The SMILES string of the molecule is Cc1ccc(OC2CN(C(=O)CCCOCc3ccccc3)C2)cc1. The first kappa shape index (κ1) is 17.5. The van der Waals surface area contributed by atoms with Crippen LogP contribution < -0.4 is 4.74 Å². The van der Waals surface area contributed by atoms with Crippen LogP contribution in [-0.2, 0) is 16.1 Å². The molecule has 1 heterocycles. The third-order valence-electron chi connectivity index (χ3n) is 4.32. The van der Waals surface area contributed by atoms with Crippen LogP contribution in [0.4, 0.5) is 0 Å². The lowest BCUT2D eigenvalue weighted by atomic mass is 10.1. The molecule has 1 aliphatic rings. The monoisotopic (exact) mass is 339 g/mol. The Balaban J connectivity index is 1.27. The van der Waals surface area contributed by atoms with E-state index in [2.05, 4.69) is 6.92 Å². The molecule has 0 aliphatic carbocycles. The molecule has 1 amide bonds. The molecule has 0 bridgehead atoms. The molecule has 1 aliphatic heterocycles. The maximum Gasteiger partial charge on any atom is 0.222 e. The first-order valence-electron chi connectivity index (χ1n) is 8.83. The fourth-order valence-electron chi connectivity index (χ4n) is 2.77. The van der Waals surface area contributed by atoms with E-state index in [0.29, 0.717) is 32.7 Å². The first-order valence-corrected chi connectivity index (χ1v) is 8.83. The number of aryl methyl sites for hydroxylation is 1. The van der Waals surface area contributed by atoms with E-state index < -0.39 is 0 Å². The quantitative estimate of drug-likeness (QED) is 0.690. The van der Waals surface area contributed by atoms with Gasteiger partial charge in [0.1, 0.15) is 11.9 Å². The van der Waals surface area contributed by atoms with Crippen LogP contribution >= 0.6 is 0 Å². The zero-order valence-electron chi connectivity index (χ0n) is 14.7. The zero-order valence-corrected chi connectivity index (χ0v) is 14.7. The highest BCUT2D eigenvalue weighted by atomic mass is 16.5. The summed E-state index contributed by atoms with van der Waals surface area (Å²) in [7, 11) is 0. The molecule has 0 N–H and O–H groups in total. The van der Waals surface area contributed by atoms with Crippen LogP contribution in [0.25, 0.3) is 0 Å². The summed E-state index contributed by atoms with van der Waals surface area (Å²) in [5, 5.41) is 0. The van der Waals surface area contributed by atoms with Crippen LogP contribution in [0.1, 0.15) is 24.0 Å². The van der Waals surface area contributed by atoms with Gasteiger partial charge in [0.2, 0.25) is 5.91 Å². The van der Waals surface area contributed by atoms with Gasteiger partial charge in [-0.05, 0) is 31.0 Å². The Kier molecular flexibility index (Phi) is 6.07. The fourth-order valence-corrected chi connectivity index (χ4v) is 2.77. The van der Waals surface area contributed by atoms with E-state index in [1.807, 2.05) is 59.5 Å². The molecule has 0 atom stereocenters. The molecule has 0 unspecified atom stereocenters. The highest BCUT2D eigenvalue weighted by Crippen LogP contribution is 2.19. The van der Waals surface area contributed by atoms with Crippen molar-refractivity contribution in [3.05, 3.63) is 65.7 Å². The van der Waals surface area contributed by atoms with Gasteiger partial charge in [-0.25, -0.2) is 0 Å². The normalized spacial score (nSPS) is 14.2. The minimum Gasteiger partial charge on any atom is -0.487 e.